The first-order valence-corrected chi connectivity index (χ1v) is 31.3. The Morgan fingerprint density at radius 2 is 0.479 bits per heavy atom. The molecule has 4 heterocycles. The van der Waals surface area contributed by atoms with Crippen LogP contribution in [-0.4, -0.2) is 18.3 Å². The normalized spacial score (nSPS) is 11.7. The van der Waals surface area contributed by atoms with Crippen LogP contribution >= 0.6 is 0 Å². The Kier molecular flexibility index (Phi) is 13.8. The second kappa shape index (κ2) is 22.2. The zero-order valence-corrected chi connectivity index (χ0v) is 53.0. The Hall–Kier alpha value is -11.9. The van der Waals surface area contributed by atoms with Gasteiger partial charge in [-0.3, -0.25) is 0 Å². The second-order valence-electron chi connectivity index (χ2n) is 24.9. The van der Waals surface area contributed by atoms with E-state index in [-0.39, 0.29) is 0 Å². The van der Waals surface area contributed by atoms with Crippen LogP contribution in [0.1, 0.15) is 66.8 Å². The van der Waals surface area contributed by atoms with Gasteiger partial charge in [0.1, 0.15) is 0 Å². The number of halogens is 3. The molecule has 0 unspecified atom stereocenters. The summed E-state index contributed by atoms with van der Waals surface area (Å²) in [6, 6.07) is 78.2. The van der Waals surface area contributed by atoms with E-state index in [1.807, 2.05) is 146 Å². The lowest BCUT2D eigenvalue weighted by molar-refractivity contribution is -0.137. The number of aryl methyl sites for hydroxylation is 8. The van der Waals surface area contributed by atoms with Crippen molar-refractivity contribution in [2.75, 3.05) is 0 Å². The molecule has 0 atom stereocenters. The van der Waals surface area contributed by atoms with Crippen LogP contribution < -0.4 is 0 Å². The van der Waals surface area contributed by atoms with E-state index in [2.05, 4.69) is 134 Å². The van der Waals surface area contributed by atoms with Crippen molar-refractivity contribution in [1.82, 2.24) is 18.3 Å². The van der Waals surface area contributed by atoms with Crippen molar-refractivity contribution in [2.24, 2.45) is 0 Å². The molecule has 0 fully saturated rings. The topological polar surface area (TPSA) is 91.1 Å². The first-order chi connectivity index (χ1) is 45.5. The van der Waals surface area contributed by atoms with E-state index in [1.54, 1.807) is 18.2 Å². The molecule has 0 bridgehead atoms. The van der Waals surface area contributed by atoms with E-state index in [9.17, 15) is 15.8 Å². The Morgan fingerprint density at radius 1 is 0.266 bits per heavy atom. The molecular formula is C84H60F3N7. The summed E-state index contributed by atoms with van der Waals surface area (Å²) >= 11 is 0. The predicted octanol–water partition coefficient (Wildman–Crippen LogP) is 22.2. The van der Waals surface area contributed by atoms with Gasteiger partial charge >= 0.3 is 6.18 Å². The third-order valence-corrected chi connectivity index (χ3v) is 19.1. The molecular weight excluding hydrogens is 1160 g/mol. The van der Waals surface area contributed by atoms with Gasteiger partial charge in [-0.25, -0.2) is 0 Å². The van der Waals surface area contributed by atoms with E-state index in [4.69, 9.17) is 0 Å². The van der Waals surface area contributed by atoms with Crippen LogP contribution in [0.15, 0.2) is 218 Å². The molecule has 94 heavy (non-hydrogen) atoms. The molecule has 7 nitrogen and oxygen atoms in total. The number of nitrogens with zero attached hydrogens (tertiary/aromatic N) is 7. The summed E-state index contributed by atoms with van der Waals surface area (Å²) in [5.41, 5.74) is 23.1. The lowest BCUT2D eigenvalue weighted by Gasteiger charge is -2.23. The van der Waals surface area contributed by atoms with Gasteiger partial charge in [0.05, 0.1) is 107 Å². The maximum absolute atomic E-state index is 15.1. The van der Waals surface area contributed by atoms with Gasteiger partial charge in [0, 0.05) is 54.2 Å². The van der Waals surface area contributed by atoms with Gasteiger partial charge in [-0.2, -0.15) is 29.0 Å². The van der Waals surface area contributed by atoms with Crippen LogP contribution in [0.5, 0.6) is 0 Å². The number of alkyl halides is 3. The number of hydrogen-bond acceptors (Lipinski definition) is 3. The van der Waals surface area contributed by atoms with Gasteiger partial charge in [-0.15, -0.1) is 0 Å². The van der Waals surface area contributed by atoms with Crippen LogP contribution in [0.2, 0.25) is 0 Å². The summed E-state index contributed by atoms with van der Waals surface area (Å²) < 4.78 is 54.0. The number of benzene rings is 12. The summed E-state index contributed by atoms with van der Waals surface area (Å²) in [5, 5.41) is 39.3. The quantitative estimate of drug-likeness (QED) is 0.166. The highest BCUT2D eigenvalue weighted by atomic mass is 19.4. The molecule has 0 saturated heterocycles. The molecule has 0 amide bonds. The van der Waals surface area contributed by atoms with Crippen molar-refractivity contribution < 1.29 is 13.2 Å². The average Bonchev–Trinajstić information content (AvgIpc) is 1.55. The van der Waals surface area contributed by atoms with Crippen molar-refractivity contribution in [1.29, 1.82) is 15.8 Å². The molecule has 0 aliphatic heterocycles. The molecule has 0 aliphatic rings. The predicted molar refractivity (Wildman–Crippen MR) is 378 cm³/mol. The molecule has 16 rings (SSSR count). The third-order valence-electron chi connectivity index (χ3n) is 19.1. The first kappa shape index (κ1) is 58.5. The standard InChI is InChI=1S/C42H30F3N3.C42H30N4/c1-24-10-5-16-31-37(24)38-25(2)11-6-17-32(38)47(31)35-21-30(42(43,44)45)22-36(41(35)29-15-9-14-28(20-29)23-46)48-33-18-7-12-26(3)39(33)40-27(4)13-8-19-34(40)48;1-25-10-5-16-32-38(25)39-26(2)11-6-17-33(39)45(32)36-21-30(24-44)22-37(42(36)31-15-9-14-29(20-31)23-43)46-34-18-7-12-27(3)40(34)41-28(4)13-8-19-35(41)46/h5-22H,1-4H3;5-22H,1-4H3. The highest BCUT2D eigenvalue weighted by molar-refractivity contribution is 6.17. The van der Waals surface area contributed by atoms with Gasteiger partial charge < -0.3 is 18.3 Å². The number of hydrogen-bond donors (Lipinski definition) is 0. The highest BCUT2D eigenvalue weighted by Crippen LogP contribution is 2.49. The summed E-state index contributed by atoms with van der Waals surface area (Å²) in [6.07, 6.45) is -4.63. The fourth-order valence-electron chi connectivity index (χ4n) is 15.1. The van der Waals surface area contributed by atoms with Crippen LogP contribution in [-0.2, 0) is 6.18 Å². The number of aromatic nitrogens is 4. The SMILES string of the molecule is Cc1cccc2c1c1c(C)cccc1n2-c1cc(C#N)cc(-n2c3cccc(C)c3c3c(C)cccc32)c1-c1cccc(C#N)c1.Cc1cccc2c1c1c(C)cccc1n2-c1cc(C(F)(F)F)cc(-n2c3cccc(C)c3c3c(C)cccc32)c1-c1cccc(C#N)c1. The number of rotatable bonds is 6. The minimum absolute atomic E-state index is 0.390. The van der Waals surface area contributed by atoms with Crippen LogP contribution in [0.3, 0.4) is 0 Å². The molecule has 0 N–H and O–H groups in total. The molecule has 10 heteroatoms. The molecule has 0 saturated carbocycles. The van der Waals surface area contributed by atoms with Gasteiger partial charge in [0.15, 0.2) is 0 Å². The van der Waals surface area contributed by atoms with Crippen LogP contribution in [0, 0.1) is 89.4 Å². The number of nitriles is 3. The Balaban J connectivity index is 0.000000155. The monoisotopic (exact) mass is 1220 g/mol. The van der Waals surface area contributed by atoms with Crippen LogP contribution in [0.25, 0.3) is 132 Å². The highest BCUT2D eigenvalue weighted by Gasteiger charge is 2.35. The third kappa shape index (κ3) is 8.99. The maximum atomic E-state index is 15.1. The zero-order valence-electron chi connectivity index (χ0n) is 53.0. The van der Waals surface area contributed by atoms with Crippen molar-refractivity contribution in [2.45, 2.75) is 61.6 Å². The fraction of sp³-hybridized carbons (Fsp3) is 0.107. The lowest BCUT2D eigenvalue weighted by atomic mass is 9.96. The first-order valence-electron chi connectivity index (χ1n) is 31.3. The molecule has 0 radical (unpaired) electrons. The van der Waals surface area contributed by atoms with Crippen molar-refractivity contribution >= 4 is 87.2 Å². The van der Waals surface area contributed by atoms with E-state index >= 15 is 13.2 Å². The molecule has 12 aromatic carbocycles. The van der Waals surface area contributed by atoms with Gasteiger partial charge in [0.25, 0.3) is 0 Å². The number of fused-ring (bicyclic) bond motifs is 12. The minimum atomic E-state index is -4.63. The maximum Gasteiger partial charge on any atom is 0.416 e. The lowest BCUT2D eigenvalue weighted by Crippen LogP contribution is -2.11. The van der Waals surface area contributed by atoms with Crippen molar-refractivity contribution in [3.8, 4) is 63.2 Å². The summed E-state index contributed by atoms with van der Waals surface area (Å²) in [7, 11) is 0. The van der Waals surface area contributed by atoms with Crippen molar-refractivity contribution in [3.05, 3.63) is 285 Å². The largest absolute Gasteiger partial charge is 0.416 e. The van der Waals surface area contributed by atoms with E-state index < -0.39 is 11.7 Å². The summed E-state index contributed by atoms with van der Waals surface area (Å²) in [6.45, 7) is 16.8. The Bertz CT molecular complexity index is 5530. The van der Waals surface area contributed by atoms with Crippen LogP contribution in [0.4, 0.5) is 13.2 Å². The van der Waals surface area contributed by atoms with E-state index in [0.29, 0.717) is 39.2 Å². The molecule has 452 valence electrons. The van der Waals surface area contributed by atoms with Gasteiger partial charge in [-0.05, 0) is 208 Å². The molecule has 16 aromatic rings. The van der Waals surface area contributed by atoms with E-state index in [1.165, 1.54) is 55.9 Å². The summed E-state index contributed by atoms with van der Waals surface area (Å²) in [4.78, 5) is 0. The minimum Gasteiger partial charge on any atom is -0.309 e. The molecule has 0 aliphatic carbocycles. The molecule has 4 aromatic heterocycles. The zero-order chi connectivity index (χ0) is 65.2. The van der Waals surface area contributed by atoms with Crippen molar-refractivity contribution in [3.63, 3.8) is 0 Å². The fourth-order valence-corrected chi connectivity index (χ4v) is 15.1. The Labute approximate surface area is 541 Å². The average molecular weight is 1220 g/mol. The second-order valence-corrected chi connectivity index (χ2v) is 24.9. The van der Waals surface area contributed by atoms with Gasteiger partial charge in [0.2, 0.25) is 0 Å². The summed E-state index contributed by atoms with van der Waals surface area (Å²) in [5.74, 6) is 0. The van der Waals surface area contributed by atoms with E-state index in [0.717, 1.165) is 110 Å². The smallest absolute Gasteiger partial charge is 0.309 e. The molecule has 0 spiro atoms. The van der Waals surface area contributed by atoms with Gasteiger partial charge in [-0.1, -0.05) is 121 Å². The Morgan fingerprint density at radius 3 is 0.691 bits per heavy atom.